The zero-order valence-electron chi connectivity index (χ0n) is 9.49. The fourth-order valence-electron chi connectivity index (χ4n) is 1.63. The number of anilines is 2. The van der Waals surface area contributed by atoms with Gasteiger partial charge in [-0.1, -0.05) is 24.3 Å². The Balaban J connectivity index is 1.88. The average Bonchev–Trinajstić information content (AvgIpc) is 2.34. The van der Waals surface area contributed by atoms with E-state index in [-0.39, 0.29) is 5.82 Å². The zero-order chi connectivity index (χ0) is 12.1. The van der Waals surface area contributed by atoms with Crippen LogP contribution in [-0.4, -0.2) is 6.54 Å². The number of nitrogens with one attached hydrogen (secondary N) is 1. The second-order valence-corrected chi connectivity index (χ2v) is 3.90. The first-order valence-electron chi connectivity index (χ1n) is 5.58. The Labute approximate surface area is 100 Å². The second kappa shape index (κ2) is 5.34. The maximum Gasteiger partial charge on any atom is 0.146 e. The molecule has 3 heteroatoms. The number of halogens is 1. The highest BCUT2D eigenvalue weighted by molar-refractivity contribution is 5.44. The molecular formula is C14H15FN2. The van der Waals surface area contributed by atoms with E-state index in [2.05, 4.69) is 5.32 Å². The van der Waals surface area contributed by atoms with Crippen LogP contribution in [0.2, 0.25) is 0 Å². The van der Waals surface area contributed by atoms with Crippen LogP contribution in [-0.2, 0) is 6.42 Å². The van der Waals surface area contributed by atoms with Gasteiger partial charge in [0.15, 0.2) is 0 Å². The van der Waals surface area contributed by atoms with Crippen molar-refractivity contribution < 1.29 is 4.39 Å². The molecule has 0 aliphatic heterocycles. The lowest BCUT2D eigenvalue weighted by Crippen LogP contribution is -2.06. The van der Waals surface area contributed by atoms with Gasteiger partial charge < -0.3 is 11.1 Å². The Hall–Kier alpha value is -2.03. The molecule has 0 radical (unpaired) electrons. The summed E-state index contributed by atoms with van der Waals surface area (Å²) in [6.45, 7) is 0.699. The topological polar surface area (TPSA) is 38.0 Å². The fourth-order valence-corrected chi connectivity index (χ4v) is 1.63. The predicted molar refractivity (Wildman–Crippen MR) is 69.4 cm³/mol. The Morgan fingerprint density at radius 1 is 1.00 bits per heavy atom. The van der Waals surface area contributed by atoms with E-state index >= 15 is 0 Å². The molecule has 2 rings (SSSR count). The third-order valence-corrected chi connectivity index (χ3v) is 2.58. The summed E-state index contributed by atoms with van der Waals surface area (Å²) in [6, 6.07) is 14.4. The first kappa shape index (κ1) is 11.5. The quantitative estimate of drug-likeness (QED) is 0.792. The highest BCUT2D eigenvalue weighted by Gasteiger charge is 1.99. The molecule has 0 fully saturated rings. The van der Waals surface area contributed by atoms with E-state index in [0.29, 0.717) is 12.2 Å². The molecule has 2 aromatic carbocycles. The van der Waals surface area contributed by atoms with E-state index in [1.807, 2.05) is 30.3 Å². The normalized spacial score (nSPS) is 10.2. The minimum absolute atomic E-state index is 0.218. The Bertz CT molecular complexity index is 480. The van der Waals surface area contributed by atoms with E-state index < -0.39 is 0 Å². The Morgan fingerprint density at radius 2 is 1.71 bits per heavy atom. The van der Waals surface area contributed by atoms with E-state index in [1.54, 1.807) is 12.1 Å². The van der Waals surface area contributed by atoms with E-state index in [9.17, 15) is 4.39 Å². The molecule has 0 spiro atoms. The third kappa shape index (κ3) is 3.21. The van der Waals surface area contributed by atoms with Crippen LogP contribution in [0.15, 0.2) is 48.5 Å². The molecule has 0 unspecified atom stereocenters. The number of hydrogen-bond donors (Lipinski definition) is 2. The van der Waals surface area contributed by atoms with Gasteiger partial charge in [0.25, 0.3) is 0 Å². The van der Waals surface area contributed by atoms with Crippen LogP contribution in [0.1, 0.15) is 5.56 Å². The summed E-state index contributed by atoms with van der Waals surface area (Å²) >= 11 is 0. The molecule has 2 nitrogen and oxygen atoms in total. The minimum Gasteiger partial charge on any atom is -0.399 e. The van der Waals surface area contributed by atoms with Crippen molar-refractivity contribution in [1.29, 1.82) is 0 Å². The summed E-state index contributed by atoms with van der Waals surface area (Å²) in [7, 11) is 0. The lowest BCUT2D eigenvalue weighted by molar-refractivity contribution is 0.630. The van der Waals surface area contributed by atoms with E-state index in [1.165, 1.54) is 11.6 Å². The highest BCUT2D eigenvalue weighted by atomic mass is 19.1. The van der Waals surface area contributed by atoms with Crippen LogP contribution in [0.3, 0.4) is 0 Å². The van der Waals surface area contributed by atoms with Crippen molar-refractivity contribution >= 4 is 11.4 Å². The fraction of sp³-hybridized carbons (Fsp3) is 0.143. The Morgan fingerprint density at radius 3 is 2.41 bits per heavy atom. The molecule has 0 atom stereocenters. The highest BCUT2D eigenvalue weighted by Crippen LogP contribution is 2.12. The first-order valence-corrected chi connectivity index (χ1v) is 5.58. The van der Waals surface area contributed by atoms with Gasteiger partial charge in [0, 0.05) is 12.2 Å². The molecule has 0 aliphatic rings. The maximum absolute atomic E-state index is 13.3. The summed E-state index contributed by atoms with van der Waals surface area (Å²) in [4.78, 5) is 0. The summed E-state index contributed by atoms with van der Waals surface area (Å²) in [5, 5.41) is 3.07. The van der Waals surface area contributed by atoms with E-state index in [4.69, 9.17) is 5.73 Å². The van der Waals surface area contributed by atoms with Crippen LogP contribution in [0.4, 0.5) is 15.8 Å². The van der Waals surface area contributed by atoms with Gasteiger partial charge in [-0.3, -0.25) is 0 Å². The van der Waals surface area contributed by atoms with Crippen molar-refractivity contribution in [3.8, 4) is 0 Å². The van der Waals surface area contributed by atoms with Gasteiger partial charge in [-0.05, 0) is 36.2 Å². The standard InChI is InChI=1S/C14H15FN2/c15-13-3-1-2-4-14(13)17-10-9-11-5-7-12(16)8-6-11/h1-8,17H,9-10,16H2. The maximum atomic E-state index is 13.3. The van der Waals surface area contributed by atoms with Crippen molar-refractivity contribution in [3.63, 3.8) is 0 Å². The average molecular weight is 230 g/mol. The molecule has 0 amide bonds. The minimum atomic E-state index is -0.218. The lowest BCUT2D eigenvalue weighted by Gasteiger charge is -2.07. The summed E-state index contributed by atoms with van der Waals surface area (Å²) in [6.07, 6.45) is 0.842. The molecule has 0 aliphatic carbocycles. The van der Waals surface area contributed by atoms with Crippen molar-refractivity contribution in [1.82, 2.24) is 0 Å². The van der Waals surface area contributed by atoms with Crippen molar-refractivity contribution in [2.75, 3.05) is 17.6 Å². The number of para-hydroxylation sites is 1. The van der Waals surface area contributed by atoms with Crippen LogP contribution in [0.25, 0.3) is 0 Å². The molecule has 0 saturated heterocycles. The SMILES string of the molecule is Nc1ccc(CCNc2ccccc2F)cc1. The van der Waals surface area contributed by atoms with Crippen molar-refractivity contribution in [2.45, 2.75) is 6.42 Å². The van der Waals surface area contributed by atoms with Crippen molar-refractivity contribution in [3.05, 3.63) is 59.9 Å². The summed E-state index contributed by atoms with van der Waals surface area (Å²) in [5.74, 6) is -0.218. The van der Waals surface area contributed by atoms with Gasteiger partial charge in [-0.25, -0.2) is 4.39 Å². The van der Waals surface area contributed by atoms with Gasteiger partial charge in [-0.15, -0.1) is 0 Å². The van der Waals surface area contributed by atoms with Crippen LogP contribution < -0.4 is 11.1 Å². The predicted octanol–water partition coefficient (Wildman–Crippen LogP) is 3.06. The van der Waals surface area contributed by atoms with Gasteiger partial charge in [0.1, 0.15) is 5.82 Å². The number of nitrogen functional groups attached to an aromatic ring is 1. The molecular weight excluding hydrogens is 215 g/mol. The monoisotopic (exact) mass is 230 g/mol. The molecule has 0 saturated carbocycles. The molecule has 0 heterocycles. The molecule has 88 valence electrons. The largest absolute Gasteiger partial charge is 0.399 e. The molecule has 2 aromatic rings. The first-order chi connectivity index (χ1) is 8.25. The summed E-state index contributed by atoms with van der Waals surface area (Å²) < 4.78 is 13.3. The summed E-state index contributed by atoms with van der Waals surface area (Å²) in [5.41, 5.74) is 8.09. The Kier molecular flexibility index (Phi) is 3.60. The van der Waals surface area contributed by atoms with Crippen molar-refractivity contribution in [2.24, 2.45) is 0 Å². The van der Waals surface area contributed by atoms with Gasteiger partial charge >= 0.3 is 0 Å². The smallest absolute Gasteiger partial charge is 0.146 e. The molecule has 0 aromatic heterocycles. The number of hydrogen-bond acceptors (Lipinski definition) is 2. The molecule has 17 heavy (non-hydrogen) atoms. The van der Waals surface area contributed by atoms with Crippen LogP contribution >= 0.6 is 0 Å². The number of nitrogens with two attached hydrogens (primary N) is 1. The van der Waals surface area contributed by atoms with Crippen LogP contribution in [0, 0.1) is 5.82 Å². The second-order valence-electron chi connectivity index (χ2n) is 3.90. The van der Waals surface area contributed by atoms with E-state index in [0.717, 1.165) is 12.1 Å². The lowest BCUT2D eigenvalue weighted by atomic mass is 10.1. The molecule has 0 bridgehead atoms. The van der Waals surface area contributed by atoms with Gasteiger partial charge in [-0.2, -0.15) is 0 Å². The number of benzene rings is 2. The van der Waals surface area contributed by atoms with Gasteiger partial charge in [0.2, 0.25) is 0 Å². The zero-order valence-corrected chi connectivity index (χ0v) is 9.49. The van der Waals surface area contributed by atoms with Crippen LogP contribution in [0.5, 0.6) is 0 Å². The third-order valence-electron chi connectivity index (χ3n) is 2.58. The molecule has 3 N–H and O–H groups in total. The van der Waals surface area contributed by atoms with Gasteiger partial charge in [0.05, 0.1) is 5.69 Å². The number of rotatable bonds is 4.